The van der Waals surface area contributed by atoms with Gasteiger partial charge in [-0.15, -0.1) is 0 Å². The molecular formula is C8H15CrNO. The average Bonchev–Trinajstić information content (AvgIpc) is 2.35. The van der Waals surface area contributed by atoms with E-state index in [9.17, 15) is 0 Å². The first kappa shape index (κ1) is 9.41. The Bertz CT molecular complexity index is 141. The Labute approximate surface area is 76.2 Å². The molecule has 0 saturated carbocycles. The van der Waals surface area contributed by atoms with Gasteiger partial charge in [-0.3, -0.25) is 0 Å². The molecule has 1 N–H and O–H groups in total. The Balaban J connectivity index is 2.28. The summed E-state index contributed by atoms with van der Waals surface area (Å²) in [6.07, 6.45) is 3.16. The first-order valence-electron chi connectivity index (χ1n) is 4.16. The molecule has 0 aromatic heterocycles. The number of aliphatic hydroxyl groups excluding tert-OH is 1. The summed E-state index contributed by atoms with van der Waals surface area (Å²) in [7, 11) is 0. The van der Waals surface area contributed by atoms with Crippen molar-refractivity contribution in [2.24, 2.45) is 0 Å². The van der Waals surface area contributed by atoms with Gasteiger partial charge in [-0.2, -0.15) is 0 Å². The molecule has 0 amide bonds. The molecule has 0 spiro atoms. The van der Waals surface area contributed by atoms with E-state index in [1.165, 1.54) is 17.3 Å². The summed E-state index contributed by atoms with van der Waals surface area (Å²) in [5, 5.41) is 9.12. The third-order valence-corrected chi connectivity index (χ3v) is 2.59. The third-order valence-electron chi connectivity index (χ3n) is 1.93. The van der Waals surface area contributed by atoms with Gasteiger partial charge in [0.25, 0.3) is 0 Å². The molecule has 11 heavy (non-hydrogen) atoms. The van der Waals surface area contributed by atoms with Gasteiger partial charge in [0.15, 0.2) is 0 Å². The van der Waals surface area contributed by atoms with Crippen LogP contribution in [0.15, 0.2) is 0 Å². The van der Waals surface area contributed by atoms with E-state index in [4.69, 9.17) is 5.11 Å². The molecule has 0 bridgehead atoms. The fraction of sp³-hybridized carbons (Fsp3) is 0.875. The molecule has 3 heteroatoms. The van der Waals surface area contributed by atoms with Crippen LogP contribution in [0.1, 0.15) is 26.2 Å². The number of nitrogens with zero attached hydrogens (tertiary/aromatic N) is 1. The number of aliphatic hydroxyl groups is 1. The van der Waals surface area contributed by atoms with E-state index < -0.39 is 0 Å². The van der Waals surface area contributed by atoms with Crippen molar-refractivity contribution < 1.29 is 21.0 Å². The van der Waals surface area contributed by atoms with Crippen LogP contribution in [0.5, 0.6) is 0 Å². The molecule has 1 atom stereocenters. The predicted octanol–water partition coefficient (Wildman–Crippen LogP) is 0.530. The normalized spacial score (nSPS) is 22.0. The minimum atomic E-state index is -0.216. The van der Waals surface area contributed by atoms with Crippen molar-refractivity contribution in [3.05, 3.63) is 0 Å². The van der Waals surface area contributed by atoms with Gasteiger partial charge in [-0.05, 0) is 0 Å². The van der Waals surface area contributed by atoms with E-state index in [-0.39, 0.29) is 6.10 Å². The van der Waals surface area contributed by atoms with E-state index in [1.54, 1.807) is 0 Å². The molecule has 1 heterocycles. The topological polar surface area (TPSA) is 23.5 Å². The van der Waals surface area contributed by atoms with E-state index >= 15 is 0 Å². The van der Waals surface area contributed by atoms with Crippen LogP contribution in [0, 0.1) is 0 Å². The Morgan fingerprint density at radius 2 is 2.09 bits per heavy atom. The fourth-order valence-electron chi connectivity index (χ4n) is 1.35. The van der Waals surface area contributed by atoms with E-state index in [2.05, 4.69) is 20.8 Å². The molecule has 2 nitrogen and oxygen atoms in total. The summed E-state index contributed by atoms with van der Waals surface area (Å²) in [5.74, 6) is 0. The monoisotopic (exact) mass is 193 g/mol. The SMILES string of the molecule is CC(O)C[C](=[Cr])N1CCCC1. The zero-order valence-electron chi connectivity index (χ0n) is 6.92. The van der Waals surface area contributed by atoms with Crippen molar-refractivity contribution in [3.63, 3.8) is 0 Å². The van der Waals surface area contributed by atoms with Crippen LogP contribution >= 0.6 is 0 Å². The Morgan fingerprint density at radius 3 is 2.55 bits per heavy atom. The first-order chi connectivity index (χ1) is 5.20. The second-order valence-electron chi connectivity index (χ2n) is 3.14. The van der Waals surface area contributed by atoms with Crippen molar-refractivity contribution in [2.75, 3.05) is 13.1 Å². The van der Waals surface area contributed by atoms with E-state index in [1.807, 2.05) is 6.92 Å². The molecule has 0 aliphatic carbocycles. The molecule has 1 saturated heterocycles. The van der Waals surface area contributed by atoms with Crippen LogP contribution in [0.2, 0.25) is 0 Å². The predicted molar refractivity (Wildman–Crippen MR) is 42.1 cm³/mol. The molecule has 1 aliphatic heterocycles. The van der Waals surface area contributed by atoms with Crippen LogP contribution in [-0.4, -0.2) is 33.7 Å². The van der Waals surface area contributed by atoms with Crippen molar-refractivity contribution in [3.8, 4) is 0 Å². The number of rotatable bonds is 3. The van der Waals surface area contributed by atoms with Crippen LogP contribution in [-0.2, 0) is 15.9 Å². The van der Waals surface area contributed by atoms with Crippen molar-refractivity contribution >= 4 is 4.50 Å². The summed E-state index contributed by atoms with van der Waals surface area (Å²) in [4.78, 5) is 2.33. The molecule has 0 aromatic rings. The van der Waals surface area contributed by atoms with Gasteiger partial charge in [-0.1, -0.05) is 0 Å². The van der Waals surface area contributed by atoms with E-state index in [0.29, 0.717) is 0 Å². The van der Waals surface area contributed by atoms with Gasteiger partial charge in [0.05, 0.1) is 0 Å². The number of likely N-dealkylation sites (tertiary alicyclic amines) is 1. The maximum atomic E-state index is 9.12. The molecule has 64 valence electrons. The van der Waals surface area contributed by atoms with Crippen molar-refractivity contribution in [1.29, 1.82) is 0 Å². The van der Waals surface area contributed by atoms with Gasteiger partial charge >= 0.3 is 75.7 Å². The van der Waals surface area contributed by atoms with E-state index in [0.717, 1.165) is 19.5 Å². The van der Waals surface area contributed by atoms with Crippen LogP contribution in [0.4, 0.5) is 0 Å². The number of hydrogen-bond acceptors (Lipinski definition) is 2. The van der Waals surface area contributed by atoms with Crippen LogP contribution in [0.25, 0.3) is 0 Å². The zero-order chi connectivity index (χ0) is 8.27. The number of hydrogen-bond donors (Lipinski definition) is 1. The summed E-state index contributed by atoms with van der Waals surface area (Å²) < 4.78 is 1.22. The Hall–Kier alpha value is 0.322. The zero-order valence-corrected chi connectivity index (χ0v) is 8.19. The van der Waals surface area contributed by atoms with Gasteiger partial charge in [0.2, 0.25) is 0 Å². The molecule has 1 rings (SSSR count). The van der Waals surface area contributed by atoms with Gasteiger partial charge in [0, 0.05) is 0 Å². The molecule has 1 aliphatic rings. The minimum absolute atomic E-state index is 0.216. The molecule has 1 unspecified atom stereocenters. The molecule has 0 radical (unpaired) electrons. The third kappa shape index (κ3) is 3.05. The van der Waals surface area contributed by atoms with Crippen molar-refractivity contribution in [2.45, 2.75) is 32.3 Å². The van der Waals surface area contributed by atoms with Crippen molar-refractivity contribution in [1.82, 2.24) is 4.90 Å². The Morgan fingerprint density at radius 1 is 1.55 bits per heavy atom. The quantitative estimate of drug-likeness (QED) is 0.706. The second kappa shape index (κ2) is 4.37. The second-order valence-corrected chi connectivity index (χ2v) is 3.88. The Kier molecular flexibility index (Phi) is 3.74. The standard InChI is InChI=1S/C8H15NO.Cr/c1-8(10)4-7-9-5-2-3-6-9;/h8,10H,2-6H2,1H3;. The summed E-state index contributed by atoms with van der Waals surface area (Å²) >= 11 is 3.03. The molecule has 1 fully saturated rings. The molecule has 0 aromatic carbocycles. The van der Waals surface area contributed by atoms with Gasteiger partial charge < -0.3 is 0 Å². The fourth-order valence-corrected chi connectivity index (χ4v) is 2.01. The van der Waals surface area contributed by atoms with Gasteiger partial charge in [0.1, 0.15) is 0 Å². The summed E-state index contributed by atoms with van der Waals surface area (Å²) in [6, 6.07) is 0. The maximum absolute atomic E-state index is 9.12. The summed E-state index contributed by atoms with van der Waals surface area (Å²) in [5.41, 5.74) is 0. The average molecular weight is 193 g/mol. The van der Waals surface area contributed by atoms with Gasteiger partial charge in [-0.25, -0.2) is 0 Å². The summed E-state index contributed by atoms with van der Waals surface area (Å²) in [6.45, 7) is 4.15. The van der Waals surface area contributed by atoms with Crippen LogP contribution < -0.4 is 0 Å². The first-order valence-corrected chi connectivity index (χ1v) is 4.80. The van der Waals surface area contributed by atoms with Crippen LogP contribution in [0.3, 0.4) is 0 Å². The molecular weight excluding hydrogens is 178 g/mol.